The Morgan fingerprint density at radius 2 is 2.50 bits per heavy atom. The van der Waals surface area contributed by atoms with Crippen LogP contribution in [0.2, 0.25) is 0 Å². The first-order valence-corrected chi connectivity index (χ1v) is 4.45. The lowest BCUT2D eigenvalue weighted by Gasteiger charge is -2.20. The molecule has 5 nitrogen and oxygen atoms in total. The van der Waals surface area contributed by atoms with Gasteiger partial charge in [-0.05, 0) is 6.92 Å². The summed E-state index contributed by atoms with van der Waals surface area (Å²) in [5.41, 5.74) is -0.957. The molecule has 0 aromatic heterocycles. The minimum Gasteiger partial charge on any atom is -0.465 e. The lowest BCUT2D eigenvalue weighted by molar-refractivity contribution is -0.154. The van der Waals surface area contributed by atoms with Crippen LogP contribution in [0.5, 0.6) is 0 Å². The molecule has 1 aliphatic rings. The third-order valence-corrected chi connectivity index (χ3v) is 2.25. The third kappa shape index (κ3) is 1.84. The van der Waals surface area contributed by atoms with E-state index in [0.717, 1.165) is 0 Å². The van der Waals surface area contributed by atoms with Gasteiger partial charge in [-0.1, -0.05) is 0 Å². The second kappa shape index (κ2) is 4.09. The molecule has 0 aromatic carbocycles. The summed E-state index contributed by atoms with van der Waals surface area (Å²) in [4.78, 5) is 22.6. The number of ether oxygens (including phenoxy) is 1. The molecule has 1 saturated heterocycles. The van der Waals surface area contributed by atoms with Crippen molar-refractivity contribution in [1.82, 2.24) is 5.32 Å². The van der Waals surface area contributed by atoms with Crippen LogP contribution < -0.4 is 5.32 Å². The van der Waals surface area contributed by atoms with Gasteiger partial charge < -0.3 is 10.1 Å². The van der Waals surface area contributed by atoms with Crippen molar-refractivity contribution in [3.05, 3.63) is 0 Å². The first-order chi connectivity index (χ1) is 6.64. The number of carbonyl (C=O) groups excluding carboxylic acids is 2. The van der Waals surface area contributed by atoms with E-state index in [1.807, 2.05) is 6.07 Å². The minimum absolute atomic E-state index is 0.0184. The van der Waals surface area contributed by atoms with E-state index < -0.39 is 11.4 Å². The highest BCUT2D eigenvalue weighted by Crippen LogP contribution is 2.31. The van der Waals surface area contributed by atoms with Gasteiger partial charge in [-0.25, -0.2) is 0 Å². The Morgan fingerprint density at radius 3 is 2.93 bits per heavy atom. The van der Waals surface area contributed by atoms with E-state index in [1.165, 1.54) is 0 Å². The molecule has 1 heterocycles. The summed E-state index contributed by atoms with van der Waals surface area (Å²) in [7, 11) is 0. The molecule has 1 aliphatic heterocycles. The first-order valence-electron chi connectivity index (χ1n) is 4.45. The van der Waals surface area contributed by atoms with E-state index in [-0.39, 0.29) is 31.9 Å². The fourth-order valence-electron chi connectivity index (χ4n) is 1.48. The van der Waals surface area contributed by atoms with Crippen molar-refractivity contribution in [2.45, 2.75) is 19.8 Å². The number of nitrogens with one attached hydrogen (secondary N) is 1. The maximum Gasteiger partial charge on any atom is 0.315 e. The molecule has 0 saturated carbocycles. The number of nitriles is 1. The Hall–Kier alpha value is -1.57. The Labute approximate surface area is 82.0 Å². The highest BCUT2D eigenvalue weighted by atomic mass is 16.5. The van der Waals surface area contributed by atoms with Crippen LogP contribution in [-0.2, 0) is 14.3 Å². The molecule has 1 N–H and O–H groups in total. The zero-order chi connectivity index (χ0) is 10.6. The topological polar surface area (TPSA) is 79.2 Å². The third-order valence-electron chi connectivity index (χ3n) is 2.25. The first kappa shape index (κ1) is 10.5. The van der Waals surface area contributed by atoms with Crippen molar-refractivity contribution in [2.75, 3.05) is 13.2 Å². The molecule has 0 radical (unpaired) electrons. The Morgan fingerprint density at radius 1 is 1.79 bits per heavy atom. The van der Waals surface area contributed by atoms with Crippen LogP contribution in [0.3, 0.4) is 0 Å². The van der Waals surface area contributed by atoms with Gasteiger partial charge in [0.15, 0.2) is 0 Å². The fraction of sp³-hybridized carbons (Fsp3) is 0.667. The van der Waals surface area contributed by atoms with Gasteiger partial charge in [0.2, 0.25) is 5.91 Å². The molecular weight excluding hydrogens is 184 g/mol. The molecule has 1 fully saturated rings. The normalized spacial score (nSPS) is 25.3. The van der Waals surface area contributed by atoms with Crippen LogP contribution in [0.4, 0.5) is 0 Å². The summed E-state index contributed by atoms with van der Waals surface area (Å²) in [6.07, 6.45) is 0.0734. The maximum atomic E-state index is 11.5. The van der Waals surface area contributed by atoms with Gasteiger partial charge in [-0.15, -0.1) is 0 Å². The molecule has 76 valence electrons. The average Bonchev–Trinajstić information content (AvgIpc) is 2.50. The van der Waals surface area contributed by atoms with Crippen molar-refractivity contribution in [3.8, 4) is 6.07 Å². The lowest BCUT2D eigenvalue weighted by Crippen LogP contribution is -2.34. The number of hydrogen-bond donors (Lipinski definition) is 1. The lowest BCUT2D eigenvalue weighted by atomic mass is 9.84. The van der Waals surface area contributed by atoms with Crippen molar-refractivity contribution in [2.24, 2.45) is 5.41 Å². The standard InChI is InChI=1S/C9H12N2O3/c1-2-14-8(13)9(3-4-10)5-7(12)11-6-9/h2-3,5-6H2,1H3,(H,11,12). The molecule has 5 heteroatoms. The minimum atomic E-state index is -0.957. The van der Waals surface area contributed by atoms with Gasteiger partial charge in [-0.3, -0.25) is 9.59 Å². The molecule has 0 aromatic rings. The van der Waals surface area contributed by atoms with Crippen LogP contribution >= 0.6 is 0 Å². The number of amides is 1. The van der Waals surface area contributed by atoms with Crippen molar-refractivity contribution < 1.29 is 14.3 Å². The van der Waals surface area contributed by atoms with Crippen molar-refractivity contribution in [3.63, 3.8) is 0 Å². The highest BCUT2D eigenvalue weighted by molar-refractivity contribution is 5.89. The summed E-state index contributed by atoms with van der Waals surface area (Å²) < 4.78 is 4.85. The molecule has 1 rings (SSSR count). The van der Waals surface area contributed by atoms with E-state index in [4.69, 9.17) is 10.00 Å². The molecule has 1 atom stereocenters. The second-order valence-electron chi connectivity index (χ2n) is 3.29. The summed E-state index contributed by atoms with van der Waals surface area (Å²) >= 11 is 0. The molecular formula is C9H12N2O3. The number of carbonyl (C=O) groups is 2. The Balaban J connectivity index is 2.78. The van der Waals surface area contributed by atoms with E-state index >= 15 is 0 Å². The quantitative estimate of drug-likeness (QED) is 0.643. The largest absolute Gasteiger partial charge is 0.465 e. The molecule has 0 aliphatic carbocycles. The van der Waals surface area contributed by atoms with Gasteiger partial charge >= 0.3 is 5.97 Å². The SMILES string of the molecule is CCOC(=O)C1(CC#N)CNC(=O)C1. The van der Waals surface area contributed by atoms with Crippen LogP contribution in [0.1, 0.15) is 19.8 Å². The van der Waals surface area contributed by atoms with Gasteiger partial charge in [0, 0.05) is 13.0 Å². The number of esters is 1. The average molecular weight is 196 g/mol. The zero-order valence-corrected chi connectivity index (χ0v) is 8.00. The van der Waals surface area contributed by atoms with Gasteiger partial charge in [0.05, 0.1) is 19.1 Å². The summed E-state index contributed by atoms with van der Waals surface area (Å²) in [5.74, 6) is -0.659. The summed E-state index contributed by atoms with van der Waals surface area (Å²) in [6, 6.07) is 1.92. The molecule has 1 unspecified atom stereocenters. The number of hydrogen-bond acceptors (Lipinski definition) is 4. The van der Waals surface area contributed by atoms with Crippen molar-refractivity contribution >= 4 is 11.9 Å². The highest BCUT2D eigenvalue weighted by Gasteiger charge is 2.46. The van der Waals surface area contributed by atoms with E-state index in [0.29, 0.717) is 0 Å². The van der Waals surface area contributed by atoms with Gasteiger partial charge in [0.25, 0.3) is 0 Å². The summed E-state index contributed by atoms with van der Waals surface area (Å²) in [6.45, 7) is 2.17. The molecule has 14 heavy (non-hydrogen) atoms. The predicted molar refractivity (Wildman–Crippen MR) is 46.9 cm³/mol. The van der Waals surface area contributed by atoms with Crippen molar-refractivity contribution in [1.29, 1.82) is 5.26 Å². The van der Waals surface area contributed by atoms with Crippen LogP contribution in [-0.4, -0.2) is 25.0 Å². The van der Waals surface area contributed by atoms with Crippen LogP contribution in [0.15, 0.2) is 0 Å². The Kier molecular flexibility index (Phi) is 3.07. The predicted octanol–water partition coefficient (Wildman–Crippen LogP) is -0.0305. The van der Waals surface area contributed by atoms with Gasteiger partial charge in [0.1, 0.15) is 5.41 Å². The fourth-order valence-corrected chi connectivity index (χ4v) is 1.48. The molecule has 0 spiro atoms. The second-order valence-corrected chi connectivity index (χ2v) is 3.29. The van der Waals surface area contributed by atoms with E-state index in [2.05, 4.69) is 5.32 Å². The van der Waals surface area contributed by atoms with Crippen LogP contribution in [0.25, 0.3) is 0 Å². The number of rotatable bonds is 3. The molecule has 0 bridgehead atoms. The van der Waals surface area contributed by atoms with E-state index in [9.17, 15) is 9.59 Å². The monoisotopic (exact) mass is 196 g/mol. The smallest absolute Gasteiger partial charge is 0.315 e. The maximum absolute atomic E-state index is 11.5. The Bertz CT molecular complexity index is 295. The zero-order valence-electron chi connectivity index (χ0n) is 8.00. The van der Waals surface area contributed by atoms with E-state index in [1.54, 1.807) is 6.92 Å². The molecule has 1 amide bonds. The summed E-state index contributed by atoms with van der Waals surface area (Å²) in [5, 5.41) is 11.1. The van der Waals surface area contributed by atoms with Crippen LogP contribution in [0, 0.1) is 16.7 Å². The van der Waals surface area contributed by atoms with Gasteiger partial charge in [-0.2, -0.15) is 5.26 Å². The number of nitrogens with zero attached hydrogens (tertiary/aromatic N) is 1.